The molecule has 12 heavy (non-hydrogen) atoms. The maximum Gasteiger partial charge on any atom is 0.182 e. The zero-order chi connectivity index (χ0) is 8.72. The van der Waals surface area contributed by atoms with E-state index in [1.807, 2.05) is 18.5 Å². The molecule has 0 radical (unpaired) electrons. The summed E-state index contributed by atoms with van der Waals surface area (Å²) in [5, 5.41) is 0. The topological polar surface area (TPSA) is 43.6 Å². The van der Waals surface area contributed by atoms with E-state index in [0.29, 0.717) is 0 Å². The number of imidazole rings is 1. The molecule has 62 valence electrons. The lowest BCUT2D eigenvalue weighted by Gasteiger charge is -1.96. The molecule has 0 spiro atoms. The molecule has 0 N–H and O–H groups in total. The number of hydrogen-bond acceptors (Lipinski definition) is 3. The van der Waals surface area contributed by atoms with Crippen LogP contribution in [0.25, 0.3) is 11.2 Å². The Labute approximate surface area is 77.8 Å². The van der Waals surface area contributed by atoms with Crippen LogP contribution in [0.3, 0.4) is 0 Å². The quantitative estimate of drug-likeness (QED) is 0.639. The van der Waals surface area contributed by atoms with Gasteiger partial charge in [0.2, 0.25) is 0 Å². The second-order valence-electron chi connectivity index (χ2n) is 2.55. The van der Waals surface area contributed by atoms with Gasteiger partial charge in [0.25, 0.3) is 0 Å². The van der Waals surface area contributed by atoms with E-state index in [9.17, 15) is 0 Å². The van der Waals surface area contributed by atoms with E-state index < -0.39 is 0 Å². The van der Waals surface area contributed by atoms with Crippen molar-refractivity contribution in [2.75, 3.05) is 0 Å². The van der Waals surface area contributed by atoms with Gasteiger partial charge >= 0.3 is 0 Å². The molecular formula is C7H7BrN4. The first kappa shape index (κ1) is 7.67. The van der Waals surface area contributed by atoms with Crippen LogP contribution < -0.4 is 0 Å². The second kappa shape index (κ2) is 2.52. The SMILES string of the molecule is Cc1nc2ncnc(Br)c2n1C. The Kier molecular flexibility index (Phi) is 1.61. The summed E-state index contributed by atoms with van der Waals surface area (Å²) < 4.78 is 2.75. The fourth-order valence-electron chi connectivity index (χ4n) is 1.11. The molecule has 0 saturated heterocycles. The Morgan fingerprint density at radius 2 is 2.17 bits per heavy atom. The molecule has 0 aliphatic heterocycles. The first-order valence-corrected chi connectivity index (χ1v) is 4.29. The van der Waals surface area contributed by atoms with Crippen molar-refractivity contribution >= 4 is 27.1 Å². The molecular weight excluding hydrogens is 220 g/mol. The van der Waals surface area contributed by atoms with Gasteiger partial charge in [0.1, 0.15) is 22.3 Å². The highest BCUT2D eigenvalue weighted by Gasteiger charge is 2.08. The van der Waals surface area contributed by atoms with Gasteiger partial charge in [-0.1, -0.05) is 0 Å². The van der Waals surface area contributed by atoms with Crippen LogP contribution in [0.2, 0.25) is 0 Å². The third-order valence-corrected chi connectivity index (χ3v) is 2.43. The average molecular weight is 227 g/mol. The van der Waals surface area contributed by atoms with Crippen molar-refractivity contribution in [3.63, 3.8) is 0 Å². The van der Waals surface area contributed by atoms with Gasteiger partial charge < -0.3 is 4.57 Å². The van der Waals surface area contributed by atoms with E-state index in [0.717, 1.165) is 21.6 Å². The Bertz CT molecular complexity index is 434. The van der Waals surface area contributed by atoms with Crippen molar-refractivity contribution in [3.8, 4) is 0 Å². The van der Waals surface area contributed by atoms with Crippen LogP contribution in [-0.2, 0) is 7.05 Å². The van der Waals surface area contributed by atoms with E-state index in [-0.39, 0.29) is 0 Å². The summed E-state index contributed by atoms with van der Waals surface area (Å²) in [5.74, 6) is 0.936. The summed E-state index contributed by atoms with van der Waals surface area (Å²) in [5.41, 5.74) is 1.67. The minimum Gasteiger partial charge on any atom is -0.328 e. The van der Waals surface area contributed by atoms with Gasteiger partial charge in [-0.05, 0) is 22.9 Å². The van der Waals surface area contributed by atoms with Crippen LogP contribution in [0.15, 0.2) is 10.9 Å². The summed E-state index contributed by atoms with van der Waals surface area (Å²) in [6.07, 6.45) is 1.50. The van der Waals surface area contributed by atoms with Gasteiger partial charge in [-0.15, -0.1) is 0 Å². The molecule has 2 rings (SSSR count). The molecule has 4 nitrogen and oxygen atoms in total. The maximum absolute atomic E-state index is 4.26. The van der Waals surface area contributed by atoms with Crippen LogP contribution >= 0.6 is 15.9 Å². The number of nitrogens with zero attached hydrogens (tertiary/aromatic N) is 4. The van der Waals surface area contributed by atoms with Crippen molar-refractivity contribution in [2.45, 2.75) is 6.92 Å². The molecule has 0 saturated carbocycles. The Hall–Kier alpha value is -0.970. The van der Waals surface area contributed by atoms with Crippen molar-refractivity contribution in [1.29, 1.82) is 0 Å². The number of rotatable bonds is 0. The third-order valence-electron chi connectivity index (χ3n) is 1.85. The lowest BCUT2D eigenvalue weighted by Crippen LogP contribution is -1.92. The fraction of sp³-hybridized carbons (Fsp3) is 0.286. The smallest absolute Gasteiger partial charge is 0.182 e. The van der Waals surface area contributed by atoms with Crippen molar-refractivity contribution in [2.24, 2.45) is 7.05 Å². The number of aromatic nitrogens is 4. The molecule has 2 heterocycles. The van der Waals surface area contributed by atoms with Gasteiger partial charge in [0, 0.05) is 7.05 Å². The first-order chi connectivity index (χ1) is 5.70. The number of hydrogen-bond donors (Lipinski definition) is 0. The highest BCUT2D eigenvalue weighted by atomic mass is 79.9. The van der Waals surface area contributed by atoms with E-state index in [1.165, 1.54) is 6.33 Å². The molecule has 0 aromatic carbocycles. The number of aryl methyl sites for hydroxylation is 2. The molecule has 5 heteroatoms. The van der Waals surface area contributed by atoms with Gasteiger partial charge in [-0.25, -0.2) is 15.0 Å². The second-order valence-corrected chi connectivity index (χ2v) is 3.31. The Morgan fingerprint density at radius 3 is 2.83 bits per heavy atom. The summed E-state index contributed by atoms with van der Waals surface area (Å²) >= 11 is 3.35. The standard InChI is InChI=1S/C7H7BrN4/c1-4-11-7-5(12(4)2)6(8)9-3-10-7/h3H,1-2H3. The van der Waals surface area contributed by atoms with E-state index in [1.54, 1.807) is 0 Å². The molecule has 0 aliphatic carbocycles. The first-order valence-electron chi connectivity index (χ1n) is 3.49. The van der Waals surface area contributed by atoms with Crippen LogP contribution in [0.4, 0.5) is 0 Å². The molecule has 0 fully saturated rings. The third kappa shape index (κ3) is 0.929. The van der Waals surface area contributed by atoms with E-state index >= 15 is 0 Å². The average Bonchev–Trinajstić information content (AvgIpc) is 2.29. The van der Waals surface area contributed by atoms with Crippen LogP contribution in [-0.4, -0.2) is 19.5 Å². The molecule has 0 atom stereocenters. The van der Waals surface area contributed by atoms with Crippen LogP contribution in [0, 0.1) is 6.92 Å². The monoisotopic (exact) mass is 226 g/mol. The number of halogens is 1. The normalized spacial score (nSPS) is 10.9. The van der Waals surface area contributed by atoms with Gasteiger partial charge in [-0.3, -0.25) is 0 Å². The van der Waals surface area contributed by atoms with Gasteiger partial charge in [-0.2, -0.15) is 0 Å². The minimum absolute atomic E-state index is 0.733. The predicted octanol–water partition coefficient (Wildman–Crippen LogP) is 1.43. The molecule has 0 unspecified atom stereocenters. The summed E-state index contributed by atoms with van der Waals surface area (Å²) in [6, 6.07) is 0. The molecule has 0 amide bonds. The lowest BCUT2D eigenvalue weighted by atomic mass is 10.5. The van der Waals surface area contributed by atoms with Gasteiger partial charge in [0.15, 0.2) is 5.65 Å². The van der Waals surface area contributed by atoms with Crippen LogP contribution in [0.5, 0.6) is 0 Å². The van der Waals surface area contributed by atoms with Crippen LogP contribution in [0.1, 0.15) is 5.82 Å². The zero-order valence-electron chi connectivity index (χ0n) is 6.74. The Morgan fingerprint density at radius 1 is 1.42 bits per heavy atom. The fourth-order valence-corrected chi connectivity index (χ4v) is 1.64. The summed E-state index contributed by atoms with van der Waals surface area (Å²) in [7, 11) is 1.94. The molecule has 2 aromatic heterocycles. The predicted molar refractivity (Wildman–Crippen MR) is 48.7 cm³/mol. The highest BCUT2D eigenvalue weighted by Crippen LogP contribution is 2.19. The molecule has 0 bridgehead atoms. The van der Waals surface area contributed by atoms with Crippen molar-refractivity contribution < 1.29 is 0 Å². The molecule has 0 aliphatic rings. The molecule has 2 aromatic rings. The van der Waals surface area contributed by atoms with E-state index in [4.69, 9.17) is 0 Å². The summed E-state index contributed by atoms with van der Waals surface area (Å²) in [6.45, 7) is 1.94. The minimum atomic E-state index is 0.733. The van der Waals surface area contributed by atoms with Crippen molar-refractivity contribution in [3.05, 3.63) is 16.8 Å². The zero-order valence-corrected chi connectivity index (χ0v) is 8.33. The van der Waals surface area contributed by atoms with E-state index in [2.05, 4.69) is 30.9 Å². The summed E-state index contributed by atoms with van der Waals surface area (Å²) in [4.78, 5) is 12.3. The number of fused-ring (bicyclic) bond motifs is 1. The Balaban J connectivity index is 2.97. The highest BCUT2D eigenvalue weighted by molar-refractivity contribution is 9.10. The maximum atomic E-state index is 4.26. The van der Waals surface area contributed by atoms with Gasteiger partial charge in [0.05, 0.1) is 0 Å². The van der Waals surface area contributed by atoms with Crippen molar-refractivity contribution in [1.82, 2.24) is 19.5 Å². The lowest BCUT2D eigenvalue weighted by molar-refractivity contribution is 0.882. The largest absolute Gasteiger partial charge is 0.328 e.